The first-order valence-corrected chi connectivity index (χ1v) is 16.7. The smallest absolute Gasteiger partial charge is 0.0901 e. The summed E-state index contributed by atoms with van der Waals surface area (Å²) in [6.45, 7) is 4.70. The van der Waals surface area contributed by atoms with Gasteiger partial charge < -0.3 is 10.2 Å². The summed E-state index contributed by atoms with van der Waals surface area (Å²) in [4.78, 5) is 2.52. The molecule has 1 unspecified atom stereocenters. The molecular weight excluding hydrogens is 581 g/mol. The Morgan fingerprint density at radius 1 is 0.542 bits per heavy atom. The number of rotatable bonds is 3. The Kier molecular flexibility index (Phi) is 5.50. The standard InChI is InChI=1S/C46H32N2/c1-45(2)37-21-10-12-24-41(37)48(42-25-13-11-22-38(42)45)43-26-14-23-39-44(43)34-18-7-9-20-36(34)46(39)35-19-8-6-17-32(35)33-28-27-31(29-40(33)46)47-30-15-4-3-5-16-30/h3-4,6-15,17-29,47H,1-2H3. The minimum Gasteiger partial charge on any atom is -0.349 e. The molecule has 2 nitrogen and oxygen atoms in total. The second kappa shape index (κ2) is 9.74. The lowest BCUT2D eigenvalue weighted by atomic mass is 9.70. The molecule has 10 rings (SSSR count). The van der Waals surface area contributed by atoms with E-state index < -0.39 is 5.41 Å². The summed E-state index contributed by atoms with van der Waals surface area (Å²) in [6.07, 6.45) is 5.91. The highest BCUT2D eigenvalue weighted by molar-refractivity contribution is 6.02. The van der Waals surface area contributed by atoms with Crippen LogP contribution in [0.15, 0.2) is 169 Å². The van der Waals surface area contributed by atoms with Crippen LogP contribution >= 0.6 is 0 Å². The fourth-order valence-corrected chi connectivity index (χ4v) is 8.94. The number of benzene rings is 6. The molecule has 0 amide bonds. The molecule has 226 valence electrons. The highest BCUT2D eigenvalue weighted by Gasteiger charge is 2.53. The Balaban J connectivity index is 1.28. The van der Waals surface area contributed by atoms with Crippen molar-refractivity contribution >= 4 is 22.7 Å². The van der Waals surface area contributed by atoms with Crippen LogP contribution in [-0.4, -0.2) is 0 Å². The van der Waals surface area contributed by atoms with Gasteiger partial charge in [0.1, 0.15) is 0 Å². The minimum absolute atomic E-state index is 0.124. The molecule has 1 heterocycles. The van der Waals surface area contributed by atoms with Gasteiger partial charge in [0.05, 0.1) is 28.2 Å². The average molecular weight is 613 g/mol. The van der Waals surface area contributed by atoms with Crippen LogP contribution in [0.3, 0.4) is 0 Å². The average Bonchev–Trinajstić information content (AvgIpc) is 3.60. The lowest BCUT2D eigenvalue weighted by Gasteiger charge is -2.42. The van der Waals surface area contributed by atoms with Crippen molar-refractivity contribution in [2.45, 2.75) is 24.7 Å². The van der Waals surface area contributed by atoms with Gasteiger partial charge in [-0.05, 0) is 98.3 Å². The maximum absolute atomic E-state index is 3.61. The van der Waals surface area contributed by atoms with Crippen LogP contribution in [0.5, 0.6) is 0 Å². The molecule has 2 heteroatoms. The number of hydrogen-bond acceptors (Lipinski definition) is 2. The van der Waals surface area contributed by atoms with Gasteiger partial charge in [0.2, 0.25) is 0 Å². The fraction of sp³-hybridized carbons (Fsp3) is 0.0870. The monoisotopic (exact) mass is 612 g/mol. The lowest BCUT2D eigenvalue weighted by Crippen LogP contribution is -2.31. The number of hydrogen-bond donors (Lipinski definition) is 1. The van der Waals surface area contributed by atoms with Crippen molar-refractivity contribution in [3.05, 3.63) is 202 Å². The zero-order valence-corrected chi connectivity index (χ0v) is 26.9. The SMILES string of the molecule is CC1(C)c2ccccc2N(c2cccc3c2-c2ccccc2C32c3ccccc3-c3ccc(NC4=C=C=CC=C4)cc32)c2ccccc21. The van der Waals surface area contributed by atoms with Gasteiger partial charge in [0.25, 0.3) is 0 Å². The van der Waals surface area contributed by atoms with Crippen LogP contribution in [0.4, 0.5) is 22.7 Å². The zero-order chi connectivity index (χ0) is 32.0. The molecule has 1 spiro atoms. The first-order chi connectivity index (χ1) is 23.6. The van der Waals surface area contributed by atoms with E-state index in [4.69, 9.17) is 0 Å². The summed E-state index contributed by atoms with van der Waals surface area (Å²) in [5, 5.41) is 3.61. The largest absolute Gasteiger partial charge is 0.349 e. The predicted molar refractivity (Wildman–Crippen MR) is 197 cm³/mol. The van der Waals surface area contributed by atoms with E-state index in [9.17, 15) is 0 Å². The molecule has 1 aliphatic heterocycles. The van der Waals surface area contributed by atoms with Gasteiger partial charge >= 0.3 is 0 Å². The summed E-state index contributed by atoms with van der Waals surface area (Å²) in [7, 11) is 0. The number of nitrogens with one attached hydrogen (secondary N) is 1. The van der Waals surface area contributed by atoms with Crippen molar-refractivity contribution in [2.75, 3.05) is 10.2 Å². The molecule has 0 saturated heterocycles. The van der Waals surface area contributed by atoms with Crippen molar-refractivity contribution in [2.24, 2.45) is 0 Å². The molecule has 6 aromatic rings. The van der Waals surface area contributed by atoms with Gasteiger partial charge in [-0.1, -0.05) is 129 Å². The predicted octanol–water partition coefficient (Wildman–Crippen LogP) is 11.3. The van der Waals surface area contributed by atoms with Gasteiger partial charge in [0, 0.05) is 16.7 Å². The minimum atomic E-state index is -0.466. The van der Waals surface area contributed by atoms with Crippen molar-refractivity contribution in [1.82, 2.24) is 0 Å². The van der Waals surface area contributed by atoms with Crippen molar-refractivity contribution < 1.29 is 0 Å². The Morgan fingerprint density at radius 2 is 1.12 bits per heavy atom. The van der Waals surface area contributed by atoms with Crippen molar-refractivity contribution in [1.29, 1.82) is 0 Å². The quantitative estimate of drug-likeness (QED) is 0.200. The molecule has 1 N–H and O–H groups in total. The Morgan fingerprint density at radius 3 is 1.83 bits per heavy atom. The third-order valence-electron chi connectivity index (χ3n) is 10.9. The van der Waals surface area contributed by atoms with Crippen LogP contribution in [-0.2, 0) is 10.8 Å². The van der Waals surface area contributed by atoms with E-state index in [0.29, 0.717) is 0 Å². The molecule has 6 aromatic carbocycles. The van der Waals surface area contributed by atoms with Crippen LogP contribution in [0.25, 0.3) is 22.3 Å². The lowest BCUT2D eigenvalue weighted by molar-refractivity contribution is 0.632. The Labute approximate surface area is 281 Å². The maximum Gasteiger partial charge on any atom is 0.0901 e. The molecule has 3 aliphatic carbocycles. The third-order valence-corrected chi connectivity index (χ3v) is 10.9. The molecule has 0 fully saturated rings. The summed E-state index contributed by atoms with van der Waals surface area (Å²) < 4.78 is 0. The molecule has 0 radical (unpaired) electrons. The normalized spacial score (nSPS) is 18.0. The van der Waals surface area contributed by atoms with Crippen LogP contribution in [0.1, 0.15) is 47.2 Å². The van der Waals surface area contributed by atoms with E-state index in [-0.39, 0.29) is 5.41 Å². The van der Waals surface area contributed by atoms with E-state index in [1.54, 1.807) is 0 Å². The van der Waals surface area contributed by atoms with E-state index in [0.717, 1.165) is 11.4 Å². The second-order valence-electron chi connectivity index (χ2n) is 13.6. The first-order valence-electron chi connectivity index (χ1n) is 16.7. The highest BCUT2D eigenvalue weighted by atomic mass is 15.2. The summed E-state index contributed by atoms with van der Waals surface area (Å²) in [5.74, 6) is 0. The third kappa shape index (κ3) is 3.43. The van der Waals surface area contributed by atoms with Crippen LogP contribution in [0.2, 0.25) is 0 Å². The molecule has 1 atom stereocenters. The molecule has 0 aromatic heterocycles. The first kappa shape index (κ1) is 27.1. The number of fused-ring (bicyclic) bond motifs is 12. The zero-order valence-electron chi connectivity index (χ0n) is 26.9. The topological polar surface area (TPSA) is 15.3 Å². The van der Waals surface area contributed by atoms with Gasteiger partial charge in [0.15, 0.2) is 0 Å². The molecule has 0 bridgehead atoms. The highest BCUT2D eigenvalue weighted by Crippen LogP contribution is 2.65. The summed E-state index contributed by atoms with van der Waals surface area (Å²) in [5.41, 5.74) is 24.5. The number of nitrogens with zero attached hydrogens (tertiary/aromatic N) is 1. The van der Waals surface area contributed by atoms with E-state index in [1.807, 2.05) is 18.2 Å². The summed E-state index contributed by atoms with van der Waals surface area (Å²) in [6, 6.07) is 49.8. The van der Waals surface area contributed by atoms with Gasteiger partial charge in [-0.2, -0.15) is 0 Å². The number of anilines is 4. The molecule has 48 heavy (non-hydrogen) atoms. The van der Waals surface area contributed by atoms with E-state index >= 15 is 0 Å². The van der Waals surface area contributed by atoms with E-state index in [2.05, 4.69) is 169 Å². The van der Waals surface area contributed by atoms with E-state index in [1.165, 1.54) is 72.7 Å². The Hall–Kier alpha value is -6.04. The maximum atomic E-state index is 3.61. The number of allylic oxidation sites excluding steroid dienone is 3. The summed E-state index contributed by atoms with van der Waals surface area (Å²) >= 11 is 0. The van der Waals surface area contributed by atoms with Crippen LogP contribution < -0.4 is 10.2 Å². The van der Waals surface area contributed by atoms with Crippen molar-refractivity contribution in [3.8, 4) is 22.3 Å². The van der Waals surface area contributed by atoms with Gasteiger partial charge in [-0.25, -0.2) is 0 Å². The fourth-order valence-electron chi connectivity index (χ4n) is 8.94. The van der Waals surface area contributed by atoms with Crippen LogP contribution in [0, 0.1) is 0 Å². The molecule has 4 aliphatic rings. The molecule has 0 saturated carbocycles. The Bertz CT molecular complexity index is 2450. The number of para-hydroxylation sites is 2. The van der Waals surface area contributed by atoms with Gasteiger partial charge in [-0.15, -0.1) is 0 Å². The second-order valence-corrected chi connectivity index (χ2v) is 13.6. The molecular formula is C46H32N2. The van der Waals surface area contributed by atoms with Gasteiger partial charge in [-0.3, -0.25) is 0 Å². The van der Waals surface area contributed by atoms with Crippen molar-refractivity contribution in [3.63, 3.8) is 0 Å².